The molecule has 0 heterocycles. The summed E-state index contributed by atoms with van der Waals surface area (Å²) in [6, 6.07) is 10.4. The third-order valence-corrected chi connectivity index (χ3v) is 2.23. The number of hydrogen-bond acceptors (Lipinski definition) is 2. The molecule has 1 aromatic carbocycles. The van der Waals surface area contributed by atoms with Gasteiger partial charge >= 0.3 is 0 Å². The van der Waals surface area contributed by atoms with Crippen LogP contribution in [0.4, 0.5) is 0 Å². The van der Waals surface area contributed by atoms with E-state index >= 15 is 0 Å². The summed E-state index contributed by atoms with van der Waals surface area (Å²) in [6.07, 6.45) is 1.86. The second kappa shape index (κ2) is 6.35. The van der Waals surface area contributed by atoms with E-state index in [1.54, 1.807) is 0 Å². The molecule has 3 N–H and O–H groups in total. The van der Waals surface area contributed by atoms with Gasteiger partial charge in [-0.3, -0.25) is 0 Å². The molecule has 0 aromatic heterocycles. The van der Waals surface area contributed by atoms with Gasteiger partial charge in [-0.1, -0.05) is 36.4 Å². The Morgan fingerprint density at radius 3 is 2.64 bits per heavy atom. The summed E-state index contributed by atoms with van der Waals surface area (Å²) in [4.78, 5) is 0. The minimum Gasteiger partial charge on any atom is -0.330 e. The van der Waals surface area contributed by atoms with Crippen molar-refractivity contribution in [1.29, 1.82) is 0 Å². The molecule has 1 atom stereocenters. The molecule has 0 amide bonds. The standard InChI is InChI=1S/C12H18N2/c1-2-8-14-10-12(9-13)11-6-4-3-5-7-11/h2-7,12,14H,1,8-10,13H2. The Hall–Kier alpha value is -1.12. The van der Waals surface area contributed by atoms with Gasteiger partial charge in [0.2, 0.25) is 0 Å². The summed E-state index contributed by atoms with van der Waals surface area (Å²) in [5, 5.41) is 3.29. The molecule has 0 spiro atoms. The first-order valence-corrected chi connectivity index (χ1v) is 4.95. The van der Waals surface area contributed by atoms with E-state index in [2.05, 4.69) is 24.0 Å². The lowest BCUT2D eigenvalue weighted by atomic mass is 9.99. The Bertz CT molecular complexity index is 256. The number of benzene rings is 1. The molecule has 0 bridgehead atoms. The average molecular weight is 190 g/mol. The topological polar surface area (TPSA) is 38.0 Å². The van der Waals surface area contributed by atoms with Crippen LogP contribution in [0.3, 0.4) is 0 Å². The van der Waals surface area contributed by atoms with Gasteiger partial charge in [-0.2, -0.15) is 0 Å². The average Bonchev–Trinajstić information content (AvgIpc) is 2.26. The fourth-order valence-corrected chi connectivity index (χ4v) is 1.42. The second-order valence-corrected chi connectivity index (χ2v) is 3.29. The van der Waals surface area contributed by atoms with E-state index in [4.69, 9.17) is 5.73 Å². The van der Waals surface area contributed by atoms with Crippen LogP contribution in [0.2, 0.25) is 0 Å². The monoisotopic (exact) mass is 190 g/mol. The molecule has 14 heavy (non-hydrogen) atoms. The zero-order chi connectivity index (χ0) is 10.2. The number of nitrogens with one attached hydrogen (secondary N) is 1. The van der Waals surface area contributed by atoms with Crippen molar-refractivity contribution >= 4 is 0 Å². The van der Waals surface area contributed by atoms with Gasteiger partial charge in [0, 0.05) is 25.6 Å². The molecule has 0 saturated heterocycles. The molecule has 0 aliphatic rings. The number of rotatable bonds is 6. The van der Waals surface area contributed by atoms with E-state index in [1.165, 1.54) is 5.56 Å². The van der Waals surface area contributed by atoms with Gasteiger partial charge in [0.25, 0.3) is 0 Å². The summed E-state index contributed by atoms with van der Waals surface area (Å²) < 4.78 is 0. The number of hydrogen-bond donors (Lipinski definition) is 2. The highest BCUT2D eigenvalue weighted by molar-refractivity contribution is 5.20. The van der Waals surface area contributed by atoms with Gasteiger partial charge in [-0.25, -0.2) is 0 Å². The van der Waals surface area contributed by atoms with Crippen LogP contribution >= 0.6 is 0 Å². The van der Waals surface area contributed by atoms with Gasteiger partial charge < -0.3 is 11.1 Å². The molecular formula is C12H18N2. The van der Waals surface area contributed by atoms with Crippen LogP contribution in [0.5, 0.6) is 0 Å². The second-order valence-electron chi connectivity index (χ2n) is 3.29. The maximum Gasteiger partial charge on any atom is 0.0132 e. The van der Waals surface area contributed by atoms with Crippen molar-refractivity contribution in [3.8, 4) is 0 Å². The summed E-state index contributed by atoms with van der Waals surface area (Å²) >= 11 is 0. The molecule has 1 rings (SSSR count). The summed E-state index contributed by atoms with van der Waals surface area (Å²) in [5.74, 6) is 0.399. The van der Waals surface area contributed by atoms with E-state index in [9.17, 15) is 0 Å². The first-order valence-electron chi connectivity index (χ1n) is 4.95. The van der Waals surface area contributed by atoms with Crippen molar-refractivity contribution in [2.45, 2.75) is 5.92 Å². The third-order valence-electron chi connectivity index (χ3n) is 2.23. The van der Waals surface area contributed by atoms with Crippen LogP contribution in [-0.2, 0) is 0 Å². The highest BCUT2D eigenvalue weighted by Gasteiger charge is 2.07. The molecule has 1 aromatic rings. The van der Waals surface area contributed by atoms with E-state index in [0.717, 1.165) is 13.1 Å². The molecule has 0 saturated carbocycles. The van der Waals surface area contributed by atoms with Crippen molar-refractivity contribution in [2.75, 3.05) is 19.6 Å². The Kier molecular flexibility index (Phi) is 4.97. The highest BCUT2D eigenvalue weighted by atomic mass is 14.9. The van der Waals surface area contributed by atoms with Crippen molar-refractivity contribution in [3.63, 3.8) is 0 Å². The lowest BCUT2D eigenvalue weighted by molar-refractivity contribution is 0.617. The molecule has 2 nitrogen and oxygen atoms in total. The molecule has 0 aliphatic carbocycles. The van der Waals surface area contributed by atoms with Gasteiger partial charge in [0.15, 0.2) is 0 Å². The van der Waals surface area contributed by atoms with Crippen molar-refractivity contribution < 1.29 is 0 Å². The number of nitrogens with two attached hydrogens (primary N) is 1. The molecule has 0 aliphatic heterocycles. The molecule has 1 unspecified atom stereocenters. The van der Waals surface area contributed by atoms with Crippen LogP contribution in [-0.4, -0.2) is 19.6 Å². The van der Waals surface area contributed by atoms with Gasteiger partial charge in [-0.05, 0) is 5.56 Å². The molecule has 0 fully saturated rings. The van der Waals surface area contributed by atoms with Crippen LogP contribution in [0, 0.1) is 0 Å². The van der Waals surface area contributed by atoms with E-state index in [1.807, 2.05) is 24.3 Å². The predicted octanol–water partition coefficient (Wildman–Crippen LogP) is 1.50. The quantitative estimate of drug-likeness (QED) is 0.527. The summed E-state index contributed by atoms with van der Waals surface area (Å²) in [7, 11) is 0. The lowest BCUT2D eigenvalue weighted by Crippen LogP contribution is -2.26. The van der Waals surface area contributed by atoms with Crippen molar-refractivity contribution in [3.05, 3.63) is 48.6 Å². The van der Waals surface area contributed by atoms with Gasteiger partial charge in [0.05, 0.1) is 0 Å². The first kappa shape index (κ1) is 11.0. The van der Waals surface area contributed by atoms with Gasteiger partial charge in [-0.15, -0.1) is 6.58 Å². The molecule has 2 heteroatoms. The van der Waals surface area contributed by atoms with Crippen LogP contribution < -0.4 is 11.1 Å². The van der Waals surface area contributed by atoms with Crippen molar-refractivity contribution in [2.24, 2.45) is 5.73 Å². The Labute approximate surface area is 85.8 Å². The largest absolute Gasteiger partial charge is 0.330 e. The van der Waals surface area contributed by atoms with E-state index in [-0.39, 0.29) is 0 Å². The SMILES string of the molecule is C=CCNCC(CN)c1ccccc1. The third kappa shape index (κ3) is 3.32. The van der Waals surface area contributed by atoms with Crippen molar-refractivity contribution in [1.82, 2.24) is 5.32 Å². The fraction of sp³-hybridized carbons (Fsp3) is 0.333. The Morgan fingerprint density at radius 1 is 1.36 bits per heavy atom. The zero-order valence-electron chi connectivity index (χ0n) is 8.45. The predicted molar refractivity (Wildman–Crippen MR) is 61.3 cm³/mol. The fourth-order valence-electron chi connectivity index (χ4n) is 1.42. The molecular weight excluding hydrogens is 172 g/mol. The zero-order valence-corrected chi connectivity index (χ0v) is 8.45. The van der Waals surface area contributed by atoms with E-state index < -0.39 is 0 Å². The smallest absolute Gasteiger partial charge is 0.0132 e. The summed E-state index contributed by atoms with van der Waals surface area (Å²) in [5.41, 5.74) is 7.02. The first-order chi connectivity index (χ1) is 6.88. The van der Waals surface area contributed by atoms with Crippen LogP contribution in [0.15, 0.2) is 43.0 Å². The lowest BCUT2D eigenvalue weighted by Gasteiger charge is -2.15. The Balaban J connectivity index is 2.50. The highest BCUT2D eigenvalue weighted by Crippen LogP contribution is 2.12. The molecule has 76 valence electrons. The maximum absolute atomic E-state index is 5.72. The summed E-state index contributed by atoms with van der Waals surface area (Å²) in [6.45, 7) is 6.08. The molecule has 0 radical (unpaired) electrons. The minimum atomic E-state index is 0.399. The van der Waals surface area contributed by atoms with Crippen LogP contribution in [0.1, 0.15) is 11.5 Å². The van der Waals surface area contributed by atoms with Gasteiger partial charge in [0.1, 0.15) is 0 Å². The Morgan fingerprint density at radius 2 is 2.07 bits per heavy atom. The van der Waals surface area contributed by atoms with E-state index in [0.29, 0.717) is 12.5 Å². The van der Waals surface area contributed by atoms with Crippen LogP contribution in [0.25, 0.3) is 0 Å². The minimum absolute atomic E-state index is 0.399. The normalized spacial score (nSPS) is 12.4. The maximum atomic E-state index is 5.72.